The molecule has 13 heavy (non-hydrogen) atoms. The summed E-state index contributed by atoms with van der Waals surface area (Å²) in [5, 5.41) is 13.0. The summed E-state index contributed by atoms with van der Waals surface area (Å²) in [7, 11) is 0. The van der Waals surface area contributed by atoms with Crippen molar-refractivity contribution in [2.75, 3.05) is 13.1 Å². The highest BCUT2D eigenvalue weighted by molar-refractivity contribution is 14.1. The third-order valence-electron chi connectivity index (χ3n) is 2.28. The second-order valence-corrected chi connectivity index (χ2v) is 5.59. The number of nitrogens with one attached hydrogen (secondary N) is 1. The normalized spacial score (nSPS) is 17.1. The van der Waals surface area contributed by atoms with Gasteiger partial charge in [-0.3, -0.25) is 0 Å². The van der Waals surface area contributed by atoms with E-state index in [2.05, 4.69) is 56.6 Å². The number of benzene rings is 1. The van der Waals surface area contributed by atoms with Crippen LogP contribution >= 0.6 is 45.2 Å². The summed E-state index contributed by atoms with van der Waals surface area (Å²) in [4.78, 5) is 0. The van der Waals surface area contributed by atoms with Crippen molar-refractivity contribution in [3.8, 4) is 5.75 Å². The fourth-order valence-corrected chi connectivity index (χ4v) is 3.30. The van der Waals surface area contributed by atoms with Gasteiger partial charge in [-0.2, -0.15) is 0 Å². The van der Waals surface area contributed by atoms with Crippen LogP contribution in [0.15, 0.2) is 12.1 Å². The molecule has 2 N–H and O–H groups in total. The van der Waals surface area contributed by atoms with Gasteiger partial charge >= 0.3 is 0 Å². The highest BCUT2D eigenvalue weighted by Crippen LogP contribution is 2.33. The van der Waals surface area contributed by atoms with Gasteiger partial charge in [0.05, 0.1) is 3.57 Å². The van der Waals surface area contributed by atoms with E-state index < -0.39 is 0 Å². The predicted molar refractivity (Wildman–Crippen MR) is 69.2 cm³/mol. The van der Waals surface area contributed by atoms with Crippen LogP contribution in [-0.4, -0.2) is 18.2 Å². The molecule has 0 atom stereocenters. The molecular formula is C9H9I2NO. The molecule has 1 fully saturated rings. The van der Waals surface area contributed by atoms with Gasteiger partial charge in [0, 0.05) is 28.1 Å². The van der Waals surface area contributed by atoms with E-state index in [1.54, 1.807) is 0 Å². The van der Waals surface area contributed by atoms with Crippen molar-refractivity contribution in [3.05, 3.63) is 24.8 Å². The van der Waals surface area contributed by atoms with Crippen LogP contribution in [0.25, 0.3) is 0 Å². The minimum Gasteiger partial charge on any atom is -0.507 e. The maximum atomic E-state index is 9.82. The van der Waals surface area contributed by atoms with Crippen LogP contribution in [0.4, 0.5) is 0 Å². The largest absolute Gasteiger partial charge is 0.507 e. The highest BCUT2D eigenvalue weighted by Gasteiger charge is 2.23. The first-order valence-corrected chi connectivity index (χ1v) is 6.23. The lowest BCUT2D eigenvalue weighted by atomic mass is 9.93. The number of phenolic OH excluding ortho intramolecular Hbond substituents is 1. The van der Waals surface area contributed by atoms with Gasteiger partial charge in [0.25, 0.3) is 0 Å². The van der Waals surface area contributed by atoms with E-state index in [-0.39, 0.29) is 0 Å². The van der Waals surface area contributed by atoms with Crippen LogP contribution in [0.3, 0.4) is 0 Å². The summed E-state index contributed by atoms with van der Waals surface area (Å²) in [6, 6.07) is 4.07. The molecule has 1 aromatic carbocycles. The van der Waals surface area contributed by atoms with E-state index in [4.69, 9.17) is 0 Å². The van der Waals surface area contributed by atoms with E-state index in [1.807, 2.05) is 6.07 Å². The number of aromatic hydroxyl groups is 1. The van der Waals surface area contributed by atoms with Crippen LogP contribution in [-0.2, 0) is 0 Å². The standard InChI is InChI=1S/C9H9I2NO/c10-6-1-7(5-3-12-4-5)9(13)8(11)2-6/h1-2,5,12-13H,3-4H2. The molecule has 0 unspecified atom stereocenters. The minimum absolute atomic E-state index is 0.465. The molecule has 0 spiro atoms. The molecule has 0 saturated carbocycles. The third-order valence-corrected chi connectivity index (χ3v) is 3.72. The zero-order valence-corrected chi connectivity index (χ0v) is 11.2. The molecule has 0 radical (unpaired) electrons. The van der Waals surface area contributed by atoms with Crippen molar-refractivity contribution in [1.82, 2.24) is 5.32 Å². The lowest BCUT2D eigenvalue weighted by Gasteiger charge is -2.28. The van der Waals surface area contributed by atoms with Crippen molar-refractivity contribution in [3.63, 3.8) is 0 Å². The van der Waals surface area contributed by atoms with Crippen molar-refractivity contribution in [2.45, 2.75) is 5.92 Å². The van der Waals surface area contributed by atoms with E-state index in [9.17, 15) is 5.11 Å². The van der Waals surface area contributed by atoms with Gasteiger partial charge in [0.15, 0.2) is 0 Å². The Bertz CT molecular complexity index is 337. The molecule has 1 saturated heterocycles. The van der Waals surface area contributed by atoms with Crippen molar-refractivity contribution in [2.24, 2.45) is 0 Å². The van der Waals surface area contributed by atoms with Gasteiger partial charge in [-0.1, -0.05) is 0 Å². The van der Waals surface area contributed by atoms with Crippen LogP contribution in [0, 0.1) is 7.14 Å². The molecule has 0 aliphatic carbocycles. The first-order chi connectivity index (χ1) is 6.18. The molecule has 0 bridgehead atoms. The fraction of sp³-hybridized carbons (Fsp3) is 0.333. The topological polar surface area (TPSA) is 32.3 Å². The van der Waals surface area contributed by atoms with Gasteiger partial charge < -0.3 is 10.4 Å². The lowest BCUT2D eigenvalue weighted by Crippen LogP contribution is -2.39. The lowest BCUT2D eigenvalue weighted by molar-refractivity contribution is 0.411. The average molecular weight is 401 g/mol. The smallest absolute Gasteiger partial charge is 0.132 e. The van der Waals surface area contributed by atoms with Crippen molar-refractivity contribution in [1.29, 1.82) is 0 Å². The van der Waals surface area contributed by atoms with Crippen molar-refractivity contribution >= 4 is 45.2 Å². The van der Waals surface area contributed by atoms with Crippen LogP contribution in [0.5, 0.6) is 5.75 Å². The number of hydrogen-bond acceptors (Lipinski definition) is 2. The molecular weight excluding hydrogens is 392 g/mol. The Morgan fingerprint density at radius 3 is 2.54 bits per heavy atom. The Balaban J connectivity index is 2.42. The monoisotopic (exact) mass is 401 g/mol. The molecule has 1 aromatic rings. The predicted octanol–water partition coefficient (Wildman–Crippen LogP) is 2.29. The van der Waals surface area contributed by atoms with E-state index in [0.717, 1.165) is 22.2 Å². The minimum atomic E-state index is 0.465. The maximum absolute atomic E-state index is 9.82. The van der Waals surface area contributed by atoms with E-state index in [0.29, 0.717) is 11.7 Å². The van der Waals surface area contributed by atoms with Crippen LogP contribution in [0.1, 0.15) is 11.5 Å². The Labute approximate surface area is 104 Å². The molecule has 70 valence electrons. The Morgan fingerprint density at radius 2 is 2.00 bits per heavy atom. The van der Waals surface area contributed by atoms with Gasteiger partial charge in [-0.05, 0) is 57.3 Å². The molecule has 2 rings (SSSR count). The summed E-state index contributed by atoms with van der Waals surface area (Å²) in [6.07, 6.45) is 0. The van der Waals surface area contributed by atoms with E-state index in [1.165, 1.54) is 3.57 Å². The van der Waals surface area contributed by atoms with Crippen LogP contribution in [0.2, 0.25) is 0 Å². The number of hydrogen-bond donors (Lipinski definition) is 2. The number of phenols is 1. The zero-order chi connectivity index (χ0) is 9.42. The first kappa shape index (κ1) is 9.97. The summed E-state index contributed by atoms with van der Waals surface area (Å²) >= 11 is 4.46. The Kier molecular flexibility index (Phi) is 2.99. The molecule has 1 aliphatic heterocycles. The Hall–Kier alpha value is 0.440. The summed E-state index contributed by atoms with van der Waals surface area (Å²) in [6.45, 7) is 1.98. The molecule has 0 amide bonds. The zero-order valence-electron chi connectivity index (χ0n) is 6.85. The Morgan fingerprint density at radius 1 is 1.31 bits per heavy atom. The summed E-state index contributed by atoms with van der Waals surface area (Å²) < 4.78 is 2.15. The van der Waals surface area contributed by atoms with Crippen molar-refractivity contribution < 1.29 is 5.11 Å². The highest BCUT2D eigenvalue weighted by atomic mass is 127. The number of rotatable bonds is 1. The SMILES string of the molecule is Oc1c(I)cc(I)cc1C1CNC1. The maximum Gasteiger partial charge on any atom is 0.132 e. The quantitative estimate of drug-likeness (QED) is 0.709. The average Bonchev–Trinajstić information content (AvgIpc) is 1.95. The van der Waals surface area contributed by atoms with Crippen LogP contribution < -0.4 is 5.32 Å². The molecule has 0 aromatic heterocycles. The van der Waals surface area contributed by atoms with Gasteiger partial charge in [0.1, 0.15) is 5.75 Å². The number of halogens is 2. The fourth-order valence-electron chi connectivity index (χ4n) is 1.41. The molecule has 4 heteroatoms. The van der Waals surface area contributed by atoms with Gasteiger partial charge in [0.2, 0.25) is 0 Å². The molecule has 2 nitrogen and oxygen atoms in total. The second-order valence-electron chi connectivity index (χ2n) is 3.18. The molecule has 1 heterocycles. The first-order valence-electron chi connectivity index (χ1n) is 4.07. The second kappa shape index (κ2) is 3.90. The van der Waals surface area contributed by atoms with Gasteiger partial charge in [-0.25, -0.2) is 0 Å². The third kappa shape index (κ3) is 1.94. The molecule has 1 aliphatic rings. The van der Waals surface area contributed by atoms with Gasteiger partial charge in [-0.15, -0.1) is 0 Å². The van der Waals surface area contributed by atoms with E-state index >= 15 is 0 Å². The summed E-state index contributed by atoms with van der Waals surface area (Å²) in [5.74, 6) is 0.968. The summed E-state index contributed by atoms with van der Waals surface area (Å²) in [5.41, 5.74) is 1.09.